The van der Waals surface area contributed by atoms with Crippen molar-refractivity contribution in [1.29, 1.82) is 0 Å². The predicted octanol–water partition coefficient (Wildman–Crippen LogP) is 25.0. The molecule has 0 atom stereocenters. The average molecular weight is 1370 g/mol. The smallest absolute Gasteiger partial charge is 0.423 e. The molecule has 2 N–H and O–H groups in total. The highest BCUT2D eigenvalue weighted by molar-refractivity contribution is 9.11. The van der Waals surface area contributed by atoms with Gasteiger partial charge in [-0.05, 0) is 191 Å². The van der Waals surface area contributed by atoms with Crippen molar-refractivity contribution in [2.75, 3.05) is 0 Å². The summed E-state index contributed by atoms with van der Waals surface area (Å²) in [6.07, 6.45) is 0. The monoisotopic (exact) mass is 1370 g/mol. The van der Waals surface area contributed by atoms with Crippen molar-refractivity contribution in [3.63, 3.8) is 0 Å². The minimum Gasteiger partial charge on any atom is -0.423 e. The Labute approximate surface area is 583 Å². The first-order chi connectivity index (χ1) is 47.8. The van der Waals surface area contributed by atoms with Crippen molar-refractivity contribution < 1.29 is 10.0 Å². The molecule has 0 unspecified atom stereocenters. The largest absolute Gasteiger partial charge is 0.488 e. The molecule has 0 saturated heterocycles. The zero-order valence-electron chi connectivity index (χ0n) is 52.9. The summed E-state index contributed by atoms with van der Waals surface area (Å²) in [4.78, 5) is 0. The Balaban J connectivity index is 0.000000146. The lowest BCUT2D eigenvalue weighted by atomic mass is 9.79. The maximum Gasteiger partial charge on any atom is 0.488 e. The number of fused-ring (bicyclic) bond motifs is 5. The van der Waals surface area contributed by atoms with Crippen molar-refractivity contribution >= 4 is 98.3 Å². The molecule has 0 aromatic heterocycles. The molecule has 0 aliphatic heterocycles. The summed E-state index contributed by atoms with van der Waals surface area (Å²) in [5.41, 5.74) is 22.5. The van der Waals surface area contributed by atoms with E-state index >= 15 is 0 Å². The molecule has 0 heterocycles. The van der Waals surface area contributed by atoms with Gasteiger partial charge < -0.3 is 10.0 Å². The van der Waals surface area contributed by atoms with Crippen LogP contribution in [-0.4, -0.2) is 17.2 Å². The lowest BCUT2D eigenvalue weighted by molar-refractivity contribution is 0.426. The molecular weight excluding hydrogens is 1310 g/mol. The third-order valence-corrected chi connectivity index (χ3v) is 19.7. The molecule has 0 spiro atoms. The molecule has 17 aromatic rings. The number of benzene rings is 17. The summed E-state index contributed by atoms with van der Waals surface area (Å²) in [7, 11) is -1.42. The molecule has 97 heavy (non-hydrogen) atoms. The summed E-state index contributed by atoms with van der Waals surface area (Å²) in [6.45, 7) is 0. The van der Waals surface area contributed by atoms with Crippen molar-refractivity contribution in [1.82, 2.24) is 0 Å². The first kappa shape index (κ1) is 62.1. The highest BCUT2D eigenvalue weighted by Gasteiger charge is 2.20. The second-order valence-electron chi connectivity index (χ2n) is 24.3. The molecule has 5 heteroatoms. The SMILES string of the molecule is Brc1ccc2c(-c3ccccc3)c(Br)ccc2c1-c1ccccc1.OB(O)c1ccc2cc(-c3ccccc3)ccc2c1.c1ccc(-c2ccc3cc(-c4ccc5c(-c6ccccc6)c(-c6ccc7cc(-c8ccccc8)ccc7c6)ccc5c4-c4ccccc4)ccc3c2)cc1. The second kappa shape index (κ2) is 28.1. The van der Waals surface area contributed by atoms with Gasteiger partial charge in [0.2, 0.25) is 0 Å². The molecule has 0 amide bonds. The summed E-state index contributed by atoms with van der Waals surface area (Å²) in [6, 6.07) is 131. The molecule has 460 valence electrons. The van der Waals surface area contributed by atoms with E-state index in [9.17, 15) is 10.0 Å². The van der Waals surface area contributed by atoms with Crippen LogP contribution in [0.3, 0.4) is 0 Å². The predicted molar refractivity (Wildman–Crippen MR) is 421 cm³/mol. The standard InChI is InChI=1S/C54H36.C22H14Br2.C16H13BO2/c1-5-13-37(14-6-1)41-21-23-45-35-47(27-25-43(45)33-41)49-29-31-52-51(53(49)39-17-9-3-10-18-39)32-30-50(54(52)40-19-11-4-12-20-40)48-28-26-44-34-42(22-24-46(44)36-48)38-15-7-2-8-16-38;23-19-13-12-18-17(21(19)15-7-3-1-4-8-15)11-14-20(24)22(18)16-9-5-2-6-10-16;18-17(19)16-9-8-14-10-13(6-7-15(14)11-16)12-4-2-1-3-5-12/h1-36H;1-14H;1-11,18-19H. The van der Waals surface area contributed by atoms with Crippen LogP contribution in [0.2, 0.25) is 0 Å². The summed E-state index contributed by atoms with van der Waals surface area (Å²) in [5.74, 6) is 0. The normalized spacial score (nSPS) is 11.1. The summed E-state index contributed by atoms with van der Waals surface area (Å²) >= 11 is 7.48. The van der Waals surface area contributed by atoms with E-state index in [1.54, 1.807) is 12.1 Å². The topological polar surface area (TPSA) is 40.5 Å². The minimum absolute atomic E-state index is 0.514. The van der Waals surface area contributed by atoms with Gasteiger partial charge in [0.25, 0.3) is 0 Å². The van der Waals surface area contributed by atoms with Crippen LogP contribution in [0.1, 0.15) is 0 Å². The fraction of sp³-hybridized carbons (Fsp3) is 0. The number of hydrogen-bond acceptors (Lipinski definition) is 2. The van der Waals surface area contributed by atoms with E-state index in [1.165, 1.54) is 138 Å². The van der Waals surface area contributed by atoms with Crippen LogP contribution in [0.5, 0.6) is 0 Å². The maximum absolute atomic E-state index is 9.17. The minimum atomic E-state index is -1.42. The molecule has 17 aromatic carbocycles. The van der Waals surface area contributed by atoms with Crippen molar-refractivity contribution in [3.8, 4) is 100 Å². The van der Waals surface area contributed by atoms with Crippen LogP contribution in [0.4, 0.5) is 0 Å². The third kappa shape index (κ3) is 13.1. The molecule has 0 bridgehead atoms. The molecular formula is C92H63BBr2O2. The first-order valence-corrected chi connectivity index (χ1v) is 34.2. The van der Waals surface area contributed by atoms with Gasteiger partial charge in [-0.15, -0.1) is 0 Å². The lowest BCUT2D eigenvalue weighted by Crippen LogP contribution is -2.29. The van der Waals surface area contributed by atoms with Crippen LogP contribution < -0.4 is 5.46 Å². The van der Waals surface area contributed by atoms with Crippen molar-refractivity contribution in [3.05, 3.63) is 379 Å². The van der Waals surface area contributed by atoms with Gasteiger partial charge in [-0.1, -0.05) is 359 Å². The first-order valence-electron chi connectivity index (χ1n) is 32.6. The second-order valence-corrected chi connectivity index (χ2v) is 26.0. The van der Waals surface area contributed by atoms with Gasteiger partial charge in [0.15, 0.2) is 0 Å². The van der Waals surface area contributed by atoms with Gasteiger partial charge in [-0.3, -0.25) is 0 Å². The van der Waals surface area contributed by atoms with Gasteiger partial charge in [0, 0.05) is 20.1 Å². The fourth-order valence-electron chi connectivity index (χ4n) is 13.5. The summed E-state index contributed by atoms with van der Waals surface area (Å²) < 4.78 is 2.23. The van der Waals surface area contributed by atoms with E-state index in [4.69, 9.17) is 0 Å². The van der Waals surface area contributed by atoms with Crippen molar-refractivity contribution in [2.24, 2.45) is 0 Å². The van der Waals surface area contributed by atoms with E-state index < -0.39 is 7.12 Å². The highest BCUT2D eigenvalue weighted by atomic mass is 79.9. The summed E-state index contributed by atoms with van der Waals surface area (Å²) in [5, 5.41) is 30.4. The molecule has 0 fully saturated rings. The average Bonchev–Trinajstić information content (AvgIpc) is 0.739. The third-order valence-electron chi connectivity index (χ3n) is 18.3. The highest BCUT2D eigenvalue weighted by Crippen LogP contribution is 2.47. The van der Waals surface area contributed by atoms with Crippen LogP contribution in [0, 0.1) is 0 Å². The van der Waals surface area contributed by atoms with E-state index in [1.807, 2.05) is 36.4 Å². The molecule has 0 saturated carbocycles. The van der Waals surface area contributed by atoms with Gasteiger partial charge in [0.1, 0.15) is 0 Å². The van der Waals surface area contributed by atoms with E-state index in [2.05, 4.69) is 353 Å². The quantitative estimate of drug-likeness (QED) is 0.134. The molecule has 0 radical (unpaired) electrons. The number of hydrogen-bond donors (Lipinski definition) is 2. The Morgan fingerprint density at radius 3 is 0.732 bits per heavy atom. The van der Waals surface area contributed by atoms with E-state index in [0.29, 0.717) is 5.46 Å². The Bertz CT molecular complexity index is 5370. The fourth-order valence-corrected chi connectivity index (χ4v) is 14.7. The van der Waals surface area contributed by atoms with Crippen molar-refractivity contribution in [2.45, 2.75) is 0 Å². The van der Waals surface area contributed by atoms with Crippen LogP contribution in [0.15, 0.2) is 379 Å². The number of rotatable bonds is 10. The maximum atomic E-state index is 9.17. The Kier molecular flexibility index (Phi) is 18.0. The number of halogens is 2. The molecule has 17 rings (SSSR count). The Morgan fingerprint density at radius 1 is 0.186 bits per heavy atom. The lowest BCUT2D eigenvalue weighted by Gasteiger charge is -2.20. The van der Waals surface area contributed by atoms with Gasteiger partial charge in [0.05, 0.1) is 0 Å². The van der Waals surface area contributed by atoms with Gasteiger partial charge >= 0.3 is 7.12 Å². The van der Waals surface area contributed by atoms with Crippen LogP contribution in [0.25, 0.3) is 154 Å². The van der Waals surface area contributed by atoms with E-state index in [0.717, 1.165) is 25.3 Å². The molecule has 2 nitrogen and oxygen atoms in total. The van der Waals surface area contributed by atoms with Crippen LogP contribution in [-0.2, 0) is 0 Å². The van der Waals surface area contributed by atoms with Crippen LogP contribution >= 0.6 is 31.9 Å². The zero-order chi connectivity index (χ0) is 65.6. The molecule has 0 aliphatic rings. The zero-order valence-corrected chi connectivity index (χ0v) is 56.1. The van der Waals surface area contributed by atoms with Gasteiger partial charge in [-0.25, -0.2) is 0 Å². The molecule has 0 aliphatic carbocycles. The Hall–Kier alpha value is -11.0. The van der Waals surface area contributed by atoms with E-state index in [-0.39, 0.29) is 0 Å². The Morgan fingerprint density at radius 2 is 0.423 bits per heavy atom. The van der Waals surface area contributed by atoms with Gasteiger partial charge in [-0.2, -0.15) is 0 Å².